The zero-order valence-electron chi connectivity index (χ0n) is 19.6. The van der Waals surface area contributed by atoms with Crippen molar-refractivity contribution in [3.8, 4) is 11.5 Å². The molecule has 0 spiro atoms. The highest BCUT2D eigenvalue weighted by Gasteiger charge is 2.28. The van der Waals surface area contributed by atoms with Crippen LogP contribution in [-0.4, -0.2) is 48.8 Å². The minimum atomic E-state index is -0.352. The number of carbonyl (C=O) groups excluding carboxylic acids is 2. The zero-order valence-corrected chi connectivity index (χ0v) is 19.6. The number of carbonyl (C=O) groups is 2. The lowest BCUT2D eigenvalue weighted by atomic mass is 10.0. The Kier molecular flexibility index (Phi) is 8.29. The van der Waals surface area contributed by atoms with Gasteiger partial charge in [0.2, 0.25) is 11.8 Å². The predicted octanol–water partition coefficient (Wildman–Crippen LogP) is 4.27. The van der Waals surface area contributed by atoms with Crippen molar-refractivity contribution in [1.29, 1.82) is 0 Å². The molecule has 2 N–H and O–H groups in total. The molecule has 33 heavy (non-hydrogen) atoms. The summed E-state index contributed by atoms with van der Waals surface area (Å²) in [5.41, 5.74) is 2.23. The largest absolute Gasteiger partial charge is 0.493 e. The molecule has 8 heteroatoms. The monoisotopic (exact) mass is 452 g/mol. The number of ether oxygens (including phenoxy) is 2. The summed E-state index contributed by atoms with van der Waals surface area (Å²) in [7, 11) is 1.61. The van der Waals surface area contributed by atoms with Crippen molar-refractivity contribution in [3.05, 3.63) is 48.0 Å². The van der Waals surface area contributed by atoms with E-state index in [9.17, 15) is 9.59 Å². The Labute approximate surface area is 195 Å². The third kappa shape index (κ3) is 6.97. The van der Waals surface area contributed by atoms with Gasteiger partial charge in [0, 0.05) is 24.8 Å². The van der Waals surface area contributed by atoms with Crippen molar-refractivity contribution < 1.29 is 19.1 Å². The average Bonchev–Trinajstić information content (AvgIpc) is 2.78. The molecule has 1 atom stereocenters. The Morgan fingerprint density at radius 2 is 1.76 bits per heavy atom. The summed E-state index contributed by atoms with van der Waals surface area (Å²) >= 11 is 0. The molecule has 2 amide bonds. The molecule has 0 radical (unpaired) electrons. The highest BCUT2D eigenvalue weighted by molar-refractivity contribution is 5.95. The van der Waals surface area contributed by atoms with Gasteiger partial charge in [0.1, 0.15) is 6.04 Å². The first kappa shape index (κ1) is 24.1. The quantitative estimate of drug-likeness (QED) is 0.584. The van der Waals surface area contributed by atoms with Crippen LogP contribution < -0.4 is 20.1 Å². The molecule has 0 aromatic heterocycles. The average molecular weight is 453 g/mol. The lowest BCUT2D eigenvalue weighted by Gasteiger charge is -2.32. The number of benzene rings is 2. The SMILES string of the molecule is COc1ccc(/C=N/N2CCCCC2C(=O)Nc2ccc(NC(C)=O)cc2)cc1OC(C)C. The van der Waals surface area contributed by atoms with Crippen molar-refractivity contribution in [3.63, 3.8) is 0 Å². The zero-order chi connectivity index (χ0) is 23.8. The summed E-state index contributed by atoms with van der Waals surface area (Å²) in [4.78, 5) is 24.1. The molecule has 1 saturated heterocycles. The van der Waals surface area contributed by atoms with E-state index >= 15 is 0 Å². The molecule has 1 aliphatic rings. The summed E-state index contributed by atoms with van der Waals surface area (Å²) < 4.78 is 11.2. The van der Waals surface area contributed by atoms with Crippen LogP contribution in [-0.2, 0) is 9.59 Å². The van der Waals surface area contributed by atoms with E-state index in [-0.39, 0.29) is 24.0 Å². The third-order valence-corrected chi connectivity index (χ3v) is 5.16. The van der Waals surface area contributed by atoms with E-state index in [4.69, 9.17) is 9.47 Å². The Hall–Kier alpha value is -3.55. The maximum Gasteiger partial charge on any atom is 0.248 e. The molecule has 0 saturated carbocycles. The number of hydrogen-bond donors (Lipinski definition) is 2. The molecule has 3 rings (SSSR count). The fourth-order valence-corrected chi connectivity index (χ4v) is 3.65. The van der Waals surface area contributed by atoms with Gasteiger partial charge < -0.3 is 20.1 Å². The van der Waals surface area contributed by atoms with Gasteiger partial charge in [-0.25, -0.2) is 0 Å². The summed E-state index contributed by atoms with van der Waals surface area (Å²) in [6.07, 6.45) is 4.46. The Morgan fingerprint density at radius 1 is 1.06 bits per heavy atom. The number of hydrazone groups is 1. The third-order valence-electron chi connectivity index (χ3n) is 5.16. The van der Waals surface area contributed by atoms with Gasteiger partial charge >= 0.3 is 0 Å². The maximum absolute atomic E-state index is 13.0. The van der Waals surface area contributed by atoms with E-state index in [1.54, 1.807) is 37.6 Å². The fraction of sp³-hybridized carbons (Fsp3) is 0.400. The van der Waals surface area contributed by atoms with Crippen LogP contribution in [0.15, 0.2) is 47.6 Å². The van der Waals surface area contributed by atoms with Crippen LogP contribution in [0, 0.1) is 0 Å². The maximum atomic E-state index is 13.0. The van der Waals surface area contributed by atoms with E-state index in [1.807, 2.05) is 37.1 Å². The number of hydrogen-bond acceptors (Lipinski definition) is 6. The van der Waals surface area contributed by atoms with Crippen LogP contribution in [0.3, 0.4) is 0 Å². The molecule has 1 aliphatic heterocycles. The molecule has 1 unspecified atom stereocenters. The molecule has 2 aromatic carbocycles. The second-order valence-corrected chi connectivity index (χ2v) is 8.24. The van der Waals surface area contributed by atoms with E-state index in [0.717, 1.165) is 24.8 Å². The van der Waals surface area contributed by atoms with Gasteiger partial charge in [-0.15, -0.1) is 0 Å². The van der Waals surface area contributed by atoms with Crippen LogP contribution in [0.2, 0.25) is 0 Å². The summed E-state index contributed by atoms with van der Waals surface area (Å²) in [6, 6.07) is 12.4. The Bertz CT molecular complexity index is 988. The first-order valence-corrected chi connectivity index (χ1v) is 11.2. The number of nitrogens with one attached hydrogen (secondary N) is 2. The number of anilines is 2. The van der Waals surface area contributed by atoms with E-state index in [1.165, 1.54) is 6.92 Å². The normalized spacial score (nSPS) is 16.0. The van der Waals surface area contributed by atoms with Crippen LogP contribution in [0.4, 0.5) is 11.4 Å². The summed E-state index contributed by atoms with van der Waals surface area (Å²) in [6.45, 7) is 6.09. The van der Waals surface area contributed by atoms with Gasteiger partial charge in [0.15, 0.2) is 11.5 Å². The minimum absolute atomic E-state index is 0.0218. The molecular weight excluding hydrogens is 420 g/mol. The van der Waals surface area contributed by atoms with Crippen molar-refractivity contribution in [2.45, 2.75) is 52.2 Å². The molecule has 1 heterocycles. The van der Waals surface area contributed by atoms with Gasteiger partial charge in [-0.2, -0.15) is 5.10 Å². The van der Waals surface area contributed by atoms with Gasteiger partial charge in [-0.05, 0) is 81.1 Å². The van der Waals surface area contributed by atoms with Crippen LogP contribution in [0.5, 0.6) is 11.5 Å². The summed E-state index contributed by atoms with van der Waals surface area (Å²) in [5.74, 6) is 1.09. The first-order chi connectivity index (χ1) is 15.9. The number of piperidine rings is 1. The molecule has 2 aromatic rings. The van der Waals surface area contributed by atoms with Crippen molar-refractivity contribution in [2.75, 3.05) is 24.3 Å². The Morgan fingerprint density at radius 3 is 2.39 bits per heavy atom. The Balaban J connectivity index is 1.69. The second-order valence-electron chi connectivity index (χ2n) is 8.24. The molecular formula is C25H32N4O4. The number of amides is 2. The molecule has 0 bridgehead atoms. The highest BCUT2D eigenvalue weighted by Crippen LogP contribution is 2.29. The van der Waals surface area contributed by atoms with Gasteiger partial charge in [-0.3, -0.25) is 14.6 Å². The van der Waals surface area contributed by atoms with Gasteiger partial charge in [0.25, 0.3) is 0 Å². The number of nitrogens with zero attached hydrogens (tertiary/aromatic N) is 2. The number of methoxy groups -OCH3 is 1. The second kappa shape index (κ2) is 11.4. The molecule has 8 nitrogen and oxygen atoms in total. The van der Waals surface area contributed by atoms with Crippen molar-refractivity contribution in [1.82, 2.24) is 5.01 Å². The summed E-state index contributed by atoms with van der Waals surface area (Å²) in [5, 5.41) is 12.1. The molecule has 176 valence electrons. The van der Waals surface area contributed by atoms with Crippen LogP contribution >= 0.6 is 0 Å². The van der Waals surface area contributed by atoms with Gasteiger partial charge in [0.05, 0.1) is 19.4 Å². The first-order valence-electron chi connectivity index (χ1n) is 11.2. The molecule has 1 fully saturated rings. The van der Waals surface area contributed by atoms with E-state index < -0.39 is 0 Å². The van der Waals surface area contributed by atoms with Crippen LogP contribution in [0.1, 0.15) is 45.6 Å². The van der Waals surface area contributed by atoms with E-state index in [0.29, 0.717) is 29.4 Å². The highest BCUT2D eigenvalue weighted by atomic mass is 16.5. The smallest absolute Gasteiger partial charge is 0.248 e. The topological polar surface area (TPSA) is 92.3 Å². The van der Waals surface area contributed by atoms with Crippen molar-refractivity contribution in [2.24, 2.45) is 5.10 Å². The standard InChI is InChI=1S/C25H32N4O4/c1-17(2)33-24-15-19(8-13-23(24)32-4)16-26-29-14-6-5-7-22(29)25(31)28-21-11-9-20(10-12-21)27-18(3)30/h8-13,15-17,22H,5-7,14H2,1-4H3,(H,27,30)(H,28,31)/b26-16+. The van der Waals surface area contributed by atoms with Gasteiger partial charge in [-0.1, -0.05) is 0 Å². The van der Waals surface area contributed by atoms with Crippen LogP contribution in [0.25, 0.3) is 0 Å². The number of rotatable bonds is 8. The fourth-order valence-electron chi connectivity index (χ4n) is 3.65. The lowest BCUT2D eigenvalue weighted by molar-refractivity contribution is -0.122. The predicted molar refractivity (Wildman–Crippen MR) is 130 cm³/mol. The lowest BCUT2D eigenvalue weighted by Crippen LogP contribution is -2.44. The van der Waals surface area contributed by atoms with E-state index in [2.05, 4.69) is 15.7 Å². The minimum Gasteiger partial charge on any atom is -0.493 e. The van der Waals surface area contributed by atoms with Crippen molar-refractivity contribution >= 4 is 29.4 Å². The molecule has 0 aliphatic carbocycles.